The Morgan fingerprint density at radius 3 is 2.48 bits per heavy atom. The maximum atomic E-state index is 11.3. The molecule has 0 spiro atoms. The highest BCUT2D eigenvalue weighted by atomic mass is 16.4. The normalized spacial score (nSPS) is 11.1. The number of rotatable bonds is 3. The molecular formula is C18H19N3O2. The summed E-state index contributed by atoms with van der Waals surface area (Å²) in [6.45, 7) is 5.83. The first-order chi connectivity index (χ1) is 10.9. The van der Waals surface area contributed by atoms with Crippen molar-refractivity contribution in [3.63, 3.8) is 0 Å². The van der Waals surface area contributed by atoms with Crippen LogP contribution in [-0.2, 0) is 11.3 Å². The van der Waals surface area contributed by atoms with E-state index in [1.807, 2.05) is 51.1 Å². The van der Waals surface area contributed by atoms with Gasteiger partial charge in [0.15, 0.2) is 0 Å². The van der Waals surface area contributed by atoms with E-state index in [0.717, 1.165) is 33.3 Å². The largest absolute Gasteiger partial charge is 0.480 e. The van der Waals surface area contributed by atoms with E-state index in [-0.39, 0.29) is 6.54 Å². The van der Waals surface area contributed by atoms with Crippen LogP contribution in [0.3, 0.4) is 0 Å². The summed E-state index contributed by atoms with van der Waals surface area (Å²) in [5.41, 5.74) is 12.3. The molecule has 23 heavy (non-hydrogen) atoms. The van der Waals surface area contributed by atoms with Crippen LogP contribution in [0.4, 0.5) is 5.69 Å². The van der Waals surface area contributed by atoms with Gasteiger partial charge in [-0.25, -0.2) is 4.98 Å². The maximum absolute atomic E-state index is 11.3. The van der Waals surface area contributed by atoms with Gasteiger partial charge in [0.05, 0.1) is 11.0 Å². The van der Waals surface area contributed by atoms with Crippen molar-refractivity contribution in [2.24, 2.45) is 0 Å². The van der Waals surface area contributed by atoms with Crippen molar-refractivity contribution in [1.29, 1.82) is 0 Å². The topological polar surface area (TPSA) is 81.1 Å². The molecule has 3 aromatic rings. The van der Waals surface area contributed by atoms with Crippen molar-refractivity contribution in [3.05, 3.63) is 47.0 Å². The molecule has 0 atom stereocenters. The van der Waals surface area contributed by atoms with E-state index in [4.69, 9.17) is 5.73 Å². The average Bonchev–Trinajstić information content (AvgIpc) is 2.80. The molecule has 0 radical (unpaired) electrons. The van der Waals surface area contributed by atoms with E-state index in [9.17, 15) is 9.90 Å². The number of hydrogen-bond acceptors (Lipinski definition) is 3. The Hall–Kier alpha value is -2.82. The molecule has 118 valence electrons. The Balaban J connectivity index is 2.29. The number of fused-ring (bicyclic) bond motifs is 1. The average molecular weight is 309 g/mol. The number of benzene rings is 2. The molecule has 0 saturated carbocycles. The Morgan fingerprint density at radius 2 is 1.83 bits per heavy atom. The molecular weight excluding hydrogens is 290 g/mol. The number of nitrogens with zero attached hydrogens (tertiary/aromatic N) is 2. The fraction of sp³-hybridized carbons (Fsp3) is 0.222. The quantitative estimate of drug-likeness (QED) is 0.727. The lowest BCUT2D eigenvalue weighted by Gasteiger charge is -2.09. The van der Waals surface area contributed by atoms with Crippen molar-refractivity contribution >= 4 is 22.7 Å². The molecule has 3 rings (SSSR count). The SMILES string of the molecule is Cc1cc2nc(-c3ccc(C)c(N)c3)n(CC(=O)O)c2cc1C. The minimum absolute atomic E-state index is 0.137. The van der Waals surface area contributed by atoms with Gasteiger partial charge in [0.1, 0.15) is 12.4 Å². The Labute approximate surface area is 134 Å². The number of carboxylic acids is 1. The van der Waals surface area contributed by atoms with Gasteiger partial charge in [-0.05, 0) is 55.7 Å². The Bertz CT molecular complexity index is 926. The molecule has 0 aliphatic heterocycles. The van der Waals surface area contributed by atoms with Crippen LogP contribution in [-0.4, -0.2) is 20.6 Å². The van der Waals surface area contributed by atoms with Gasteiger partial charge in [-0.2, -0.15) is 0 Å². The second-order valence-electron chi connectivity index (χ2n) is 5.91. The van der Waals surface area contributed by atoms with Crippen LogP contribution in [0.2, 0.25) is 0 Å². The summed E-state index contributed by atoms with van der Waals surface area (Å²) >= 11 is 0. The molecule has 0 bridgehead atoms. The molecule has 0 aliphatic carbocycles. The van der Waals surface area contributed by atoms with Crippen LogP contribution in [0.5, 0.6) is 0 Å². The molecule has 0 saturated heterocycles. The molecule has 5 heteroatoms. The molecule has 0 unspecified atom stereocenters. The molecule has 2 aromatic carbocycles. The van der Waals surface area contributed by atoms with Crippen molar-refractivity contribution in [2.45, 2.75) is 27.3 Å². The van der Waals surface area contributed by atoms with Crippen molar-refractivity contribution in [3.8, 4) is 11.4 Å². The summed E-state index contributed by atoms with van der Waals surface area (Å²) in [6, 6.07) is 9.66. The Morgan fingerprint density at radius 1 is 1.13 bits per heavy atom. The second-order valence-corrected chi connectivity index (χ2v) is 5.91. The molecule has 1 aromatic heterocycles. The van der Waals surface area contributed by atoms with Crippen LogP contribution in [0, 0.1) is 20.8 Å². The minimum atomic E-state index is -0.899. The summed E-state index contributed by atoms with van der Waals surface area (Å²) < 4.78 is 1.73. The lowest BCUT2D eigenvalue weighted by molar-refractivity contribution is -0.137. The molecule has 0 fully saturated rings. The fourth-order valence-electron chi connectivity index (χ4n) is 2.68. The lowest BCUT2D eigenvalue weighted by Crippen LogP contribution is -2.10. The molecule has 3 N–H and O–H groups in total. The van der Waals surface area contributed by atoms with Gasteiger partial charge in [0.2, 0.25) is 0 Å². The Kier molecular flexibility index (Phi) is 3.56. The van der Waals surface area contributed by atoms with Gasteiger partial charge >= 0.3 is 5.97 Å². The van der Waals surface area contributed by atoms with Crippen LogP contribution in [0.25, 0.3) is 22.4 Å². The first-order valence-electron chi connectivity index (χ1n) is 7.42. The van der Waals surface area contributed by atoms with Crippen LogP contribution < -0.4 is 5.73 Å². The number of anilines is 1. The van der Waals surface area contributed by atoms with Crippen LogP contribution in [0.1, 0.15) is 16.7 Å². The number of nitrogen functional groups attached to an aromatic ring is 1. The first kappa shape index (κ1) is 15.1. The third-order valence-electron chi connectivity index (χ3n) is 4.19. The van der Waals surface area contributed by atoms with E-state index in [1.54, 1.807) is 4.57 Å². The third-order valence-corrected chi connectivity index (χ3v) is 4.19. The number of aryl methyl sites for hydroxylation is 3. The predicted molar refractivity (Wildman–Crippen MR) is 91.4 cm³/mol. The molecule has 1 heterocycles. The first-order valence-corrected chi connectivity index (χ1v) is 7.42. The van der Waals surface area contributed by atoms with Gasteiger partial charge in [-0.15, -0.1) is 0 Å². The lowest BCUT2D eigenvalue weighted by atomic mass is 10.1. The van der Waals surface area contributed by atoms with Crippen LogP contribution in [0.15, 0.2) is 30.3 Å². The summed E-state index contributed by atoms with van der Waals surface area (Å²) in [4.78, 5) is 15.9. The van der Waals surface area contributed by atoms with E-state index < -0.39 is 5.97 Å². The number of aliphatic carboxylic acids is 1. The minimum Gasteiger partial charge on any atom is -0.480 e. The van der Waals surface area contributed by atoms with E-state index in [2.05, 4.69) is 4.98 Å². The zero-order valence-corrected chi connectivity index (χ0v) is 13.4. The predicted octanol–water partition coefficient (Wildman–Crippen LogP) is 3.30. The highest BCUT2D eigenvalue weighted by Crippen LogP contribution is 2.28. The monoisotopic (exact) mass is 309 g/mol. The van der Waals surface area contributed by atoms with Crippen molar-refractivity contribution in [2.75, 3.05) is 5.73 Å². The molecule has 0 amide bonds. The standard InChI is InChI=1S/C18H19N3O2/c1-10-4-5-13(8-14(10)19)18-20-15-6-11(2)12(3)7-16(15)21(18)9-17(22)23/h4-8H,9,19H2,1-3H3,(H,22,23). The van der Waals surface area contributed by atoms with Gasteiger partial charge in [0, 0.05) is 11.3 Å². The van der Waals surface area contributed by atoms with Gasteiger partial charge < -0.3 is 15.4 Å². The summed E-state index contributed by atoms with van der Waals surface area (Å²) in [5, 5.41) is 9.27. The van der Waals surface area contributed by atoms with Gasteiger partial charge in [-0.1, -0.05) is 12.1 Å². The summed E-state index contributed by atoms with van der Waals surface area (Å²) in [5.74, 6) is -0.275. The van der Waals surface area contributed by atoms with E-state index >= 15 is 0 Å². The smallest absolute Gasteiger partial charge is 0.323 e. The zero-order valence-electron chi connectivity index (χ0n) is 13.4. The third kappa shape index (κ3) is 2.65. The number of carbonyl (C=O) groups is 1. The van der Waals surface area contributed by atoms with E-state index in [1.165, 1.54) is 0 Å². The molecule has 5 nitrogen and oxygen atoms in total. The number of imidazole rings is 1. The van der Waals surface area contributed by atoms with Crippen molar-refractivity contribution < 1.29 is 9.90 Å². The number of aromatic nitrogens is 2. The van der Waals surface area contributed by atoms with Crippen molar-refractivity contribution in [1.82, 2.24) is 9.55 Å². The molecule has 0 aliphatic rings. The number of hydrogen-bond donors (Lipinski definition) is 2. The maximum Gasteiger partial charge on any atom is 0.323 e. The highest BCUT2D eigenvalue weighted by molar-refractivity contribution is 5.84. The summed E-state index contributed by atoms with van der Waals surface area (Å²) in [7, 11) is 0. The van der Waals surface area contributed by atoms with Gasteiger partial charge in [-0.3, -0.25) is 4.79 Å². The zero-order chi connectivity index (χ0) is 16.7. The van der Waals surface area contributed by atoms with E-state index in [0.29, 0.717) is 11.5 Å². The number of nitrogens with two attached hydrogens (primary N) is 1. The highest BCUT2D eigenvalue weighted by Gasteiger charge is 2.16. The van der Waals surface area contributed by atoms with Gasteiger partial charge in [0.25, 0.3) is 0 Å². The fourth-order valence-corrected chi connectivity index (χ4v) is 2.68. The second kappa shape index (κ2) is 5.43. The summed E-state index contributed by atoms with van der Waals surface area (Å²) in [6.07, 6.45) is 0. The van der Waals surface area contributed by atoms with Crippen LogP contribution >= 0.6 is 0 Å². The number of carboxylic acid groups (broad SMARTS) is 1.